The highest BCUT2D eigenvalue weighted by Gasteiger charge is 2.17. The Morgan fingerprint density at radius 3 is 2.36 bits per heavy atom. The normalized spacial score (nSPS) is 14.3. The molecule has 0 saturated carbocycles. The highest BCUT2D eigenvalue weighted by Crippen LogP contribution is 2.17. The van der Waals surface area contributed by atoms with Crippen molar-refractivity contribution >= 4 is 23.2 Å². The molecular formula is C23H29N3O2. The van der Waals surface area contributed by atoms with Gasteiger partial charge in [0.2, 0.25) is 5.91 Å². The van der Waals surface area contributed by atoms with Crippen molar-refractivity contribution in [2.75, 3.05) is 30.3 Å². The molecular weight excluding hydrogens is 350 g/mol. The third-order valence-corrected chi connectivity index (χ3v) is 5.25. The highest BCUT2D eigenvalue weighted by atomic mass is 16.2. The maximum Gasteiger partial charge on any atom is 0.253 e. The summed E-state index contributed by atoms with van der Waals surface area (Å²) in [6.45, 7) is 5.91. The molecule has 2 aromatic carbocycles. The van der Waals surface area contributed by atoms with Gasteiger partial charge in [-0.25, -0.2) is 0 Å². The molecule has 28 heavy (non-hydrogen) atoms. The molecule has 1 fully saturated rings. The first-order chi connectivity index (χ1) is 13.5. The number of benzene rings is 2. The lowest BCUT2D eigenvalue weighted by Gasteiger charge is -2.20. The topological polar surface area (TPSA) is 61.4 Å². The van der Waals surface area contributed by atoms with Gasteiger partial charge in [0.25, 0.3) is 5.91 Å². The van der Waals surface area contributed by atoms with E-state index in [-0.39, 0.29) is 18.4 Å². The Balaban J connectivity index is 1.58. The van der Waals surface area contributed by atoms with E-state index >= 15 is 0 Å². The van der Waals surface area contributed by atoms with Crippen LogP contribution >= 0.6 is 0 Å². The monoisotopic (exact) mass is 379 g/mol. The number of carbonyl (C=O) groups is 2. The molecule has 5 heteroatoms. The molecule has 0 bridgehead atoms. The van der Waals surface area contributed by atoms with Gasteiger partial charge in [0.05, 0.1) is 6.54 Å². The Kier molecular flexibility index (Phi) is 6.69. The number of nitrogens with one attached hydrogen (secondary N) is 2. The number of hydrogen-bond acceptors (Lipinski definition) is 3. The minimum atomic E-state index is -0.141. The first kappa shape index (κ1) is 19.9. The van der Waals surface area contributed by atoms with Crippen LogP contribution in [0.3, 0.4) is 0 Å². The van der Waals surface area contributed by atoms with Crippen molar-refractivity contribution < 1.29 is 9.59 Å². The highest BCUT2D eigenvalue weighted by molar-refractivity contribution is 5.98. The molecule has 3 rings (SSSR count). The molecule has 1 aliphatic heterocycles. The minimum absolute atomic E-state index is 0.0475. The number of hydrogen-bond donors (Lipinski definition) is 2. The van der Waals surface area contributed by atoms with Crippen LogP contribution in [0, 0.1) is 13.8 Å². The summed E-state index contributed by atoms with van der Waals surface area (Å²) in [6.07, 6.45) is 4.50. The average molecular weight is 380 g/mol. The van der Waals surface area contributed by atoms with E-state index < -0.39 is 0 Å². The molecule has 148 valence electrons. The summed E-state index contributed by atoms with van der Waals surface area (Å²) < 4.78 is 0. The fourth-order valence-corrected chi connectivity index (χ4v) is 3.43. The Labute approximate surface area is 167 Å². The second-order valence-electron chi connectivity index (χ2n) is 7.49. The van der Waals surface area contributed by atoms with E-state index in [1.165, 1.54) is 24.0 Å². The Morgan fingerprint density at radius 1 is 0.893 bits per heavy atom. The zero-order chi connectivity index (χ0) is 19.9. The Morgan fingerprint density at radius 2 is 1.64 bits per heavy atom. The van der Waals surface area contributed by atoms with Crippen LogP contribution in [0.2, 0.25) is 0 Å². The third-order valence-electron chi connectivity index (χ3n) is 5.25. The molecule has 0 aliphatic carbocycles. The quantitative estimate of drug-likeness (QED) is 0.811. The van der Waals surface area contributed by atoms with E-state index in [9.17, 15) is 9.59 Å². The van der Waals surface area contributed by atoms with Gasteiger partial charge in [-0.1, -0.05) is 25.0 Å². The number of carbonyl (C=O) groups excluding carboxylic acids is 2. The van der Waals surface area contributed by atoms with Gasteiger partial charge in [-0.05, 0) is 68.1 Å². The molecule has 1 heterocycles. The van der Waals surface area contributed by atoms with Crippen LogP contribution in [0.5, 0.6) is 0 Å². The molecule has 1 aliphatic rings. The predicted octanol–water partition coefficient (Wildman–Crippen LogP) is 4.37. The molecule has 0 aromatic heterocycles. The number of aryl methyl sites for hydroxylation is 2. The fourth-order valence-electron chi connectivity index (χ4n) is 3.43. The summed E-state index contributed by atoms with van der Waals surface area (Å²) in [5, 5.41) is 6.02. The van der Waals surface area contributed by atoms with Crippen molar-refractivity contribution in [3.63, 3.8) is 0 Å². The number of rotatable bonds is 5. The van der Waals surface area contributed by atoms with E-state index in [4.69, 9.17) is 0 Å². The van der Waals surface area contributed by atoms with Gasteiger partial charge >= 0.3 is 0 Å². The Bertz CT molecular complexity index is 839. The lowest BCUT2D eigenvalue weighted by Crippen LogP contribution is -2.31. The SMILES string of the molecule is Cc1ccc(NCC(=O)Nc2cccc(C(=O)N3CCCCCC3)c2)cc1C. The number of anilines is 2. The minimum Gasteiger partial charge on any atom is -0.376 e. The van der Waals surface area contributed by atoms with Gasteiger partial charge in [-0.3, -0.25) is 9.59 Å². The molecule has 0 spiro atoms. The first-order valence-electron chi connectivity index (χ1n) is 10.0. The van der Waals surface area contributed by atoms with Gasteiger partial charge in [-0.15, -0.1) is 0 Å². The maximum absolute atomic E-state index is 12.8. The van der Waals surface area contributed by atoms with Crippen molar-refractivity contribution in [1.29, 1.82) is 0 Å². The van der Waals surface area contributed by atoms with E-state index in [0.29, 0.717) is 11.3 Å². The molecule has 1 saturated heterocycles. The van der Waals surface area contributed by atoms with Crippen LogP contribution in [0.15, 0.2) is 42.5 Å². The summed E-state index contributed by atoms with van der Waals surface area (Å²) in [5.41, 5.74) is 4.60. The zero-order valence-electron chi connectivity index (χ0n) is 16.8. The van der Waals surface area contributed by atoms with Crippen molar-refractivity contribution in [2.45, 2.75) is 39.5 Å². The van der Waals surface area contributed by atoms with Gasteiger partial charge in [0, 0.05) is 30.0 Å². The third kappa shape index (κ3) is 5.35. The zero-order valence-corrected chi connectivity index (χ0v) is 16.8. The second kappa shape index (κ2) is 9.40. The standard InChI is InChI=1S/C23H29N3O2/c1-17-10-11-20(14-18(17)2)24-16-22(27)25-21-9-7-8-19(15-21)23(28)26-12-5-3-4-6-13-26/h7-11,14-15,24H,3-6,12-13,16H2,1-2H3,(H,25,27). The smallest absolute Gasteiger partial charge is 0.253 e. The number of amides is 2. The molecule has 2 N–H and O–H groups in total. The summed E-state index contributed by atoms with van der Waals surface area (Å²) in [7, 11) is 0. The largest absolute Gasteiger partial charge is 0.376 e. The van der Waals surface area contributed by atoms with E-state index in [2.05, 4.69) is 17.6 Å². The average Bonchev–Trinajstić information content (AvgIpc) is 2.98. The first-order valence-corrected chi connectivity index (χ1v) is 10.0. The summed E-state index contributed by atoms with van der Waals surface area (Å²) in [6, 6.07) is 13.2. The van der Waals surface area contributed by atoms with E-state index in [0.717, 1.165) is 31.6 Å². The summed E-state index contributed by atoms with van der Waals surface area (Å²) in [5.74, 6) is -0.0937. The predicted molar refractivity (Wildman–Crippen MR) is 114 cm³/mol. The molecule has 2 amide bonds. The number of likely N-dealkylation sites (tertiary alicyclic amines) is 1. The van der Waals surface area contributed by atoms with E-state index in [1.807, 2.05) is 48.2 Å². The fraction of sp³-hybridized carbons (Fsp3) is 0.391. The molecule has 0 radical (unpaired) electrons. The summed E-state index contributed by atoms with van der Waals surface area (Å²) in [4.78, 5) is 27.0. The van der Waals surface area contributed by atoms with Crippen LogP contribution in [0.1, 0.15) is 47.2 Å². The van der Waals surface area contributed by atoms with Gasteiger partial charge in [0.15, 0.2) is 0 Å². The maximum atomic E-state index is 12.8. The lowest BCUT2D eigenvalue weighted by atomic mass is 10.1. The van der Waals surface area contributed by atoms with Crippen LogP contribution in [-0.4, -0.2) is 36.3 Å². The van der Waals surface area contributed by atoms with Crippen LogP contribution < -0.4 is 10.6 Å². The summed E-state index contributed by atoms with van der Waals surface area (Å²) >= 11 is 0. The molecule has 0 unspecified atom stereocenters. The van der Waals surface area contributed by atoms with Crippen molar-refractivity contribution in [3.05, 3.63) is 59.2 Å². The number of nitrogens with zero attached hydrogens (tertiary/aromatic N) is 1. The van der Waals surface area contributed by atoms with Crippen molar-refractivity contribution in [1.82, 2.24) is 4.90 Å². The van der Waals surface area contributed by atoms with Crippen molar-refractivity contribution in [3.8, 4) is 0 Å². The van der Waals surface area contributed by atoms with E-state index in [1.54, 1.807) is 6.07 Å². The lowest BCUT2D eigenvalue weighted by molar-refractivity contribution is -0.114. The molecule has 2 aromatic rings. The van der Waals surface area contributed by atoms with Crippen LogP contribution in [0.25, 0.3) is 0 Å². The van der Waals surface area contributed by atoms with Crippen LogP contribution in [0.4, 0.5) is 11.4 Å². The van der Waals surface area contributed by atoms with Crippen molar-refractivity contribution in [2.24, 2.45) is 0 Å². The van der Waals surface area contributed by atoms with Crippen LogP contribution in [-0.2, 0) is 4.79 Å². The molecule has 0 atom stereocenters. The Hall–Kier alpha value is -2.82. The van der Waals surface area contributed by atoms with Gasteiger partial charge < -0.3 is 15.5 Å². The van der Waals surface area contributed by atoms with Gasteiger partial charge in [0.1, 0.15) is 0 Å². The molecule has 5 nitrogen and oxygen atoms in total. The van der Waals surface area contributed by atoms with Gasteiger partial charge in [-0.2, -0.15) is 0 Å². The second-order valence-corrected chi connectivity index (χ2v) is 7.49.